The van der Waals surface area contributed by atoms with Crippen molar-refractivity contribution in [3.8, 4) is 0 Å². The highest BCUT2D eigenvalue weighted by molar-refractivity contribution is 5.47. The summed E-state index contributed by atoms with van der Waals surface area (Å²) in [5, 5.41) is 31.7. The number of hydrogen-bond acceptors (Lipinski definition) is 5. The van der Waals surface area contributed by atoms with Gasteiger partial charge < -0.3 is 5.11 Å². The first-order valence-electron chi connectivity index (χ1n) is 6.13. The maximum atomic E-state index is 10.8. The molecule has 0 aliphatic carbocycles. The van der Waals surface area contributed by atoms with Crippen LogP contribution in [0.15, 0.2) is 48.5 Å². The van der Waals surface area contributed by atoms with Gasteiger partial charge >= 0.3 is 0 Å². The highest BCUT2D eigenvalue weighted by atomic mass is 16.6. The highest BCUT2D eigenvalue weighted by Crippen LogP contribution is 2.26. The van der Waals surface area contributed by atoms with Gasteiger partial charge in [-0.3, -0.25) is 20.2 Å². The Kier molecular flexibility index (Phi) is 4.24. The lowest BCUT2D eigenvalue weighted by atomic mass is 10.0. The molecule has 0 saturated carbocycles. The topological polar surface area (TPSA) is 107 Å². The van der Waals surface area contributed by atoms with Crippen molar-refractivity contribution in [2.75, 3.05) is 0 Å². The molecule has 0 aliphatic heterocycles. The first kappa shape index (κ1) is 14.6. The molecule has 0 aromatic heterocycles. The van der Waals surface area contributed by atoms with Crippen LogP contribution >= 0.6 is 0 Å². The number of nitrogens with zero attached hydrogens (tertiary/aromatic N) is 2. The summed E-state index contributed by atoms with van der Waals surface area (Å²) in [5.74, 6) is 0. The molecule has 2 aromatic rings. The van der Waals surface area contributed by atoms with Gasteiger partial charge in [0.2, 0.25) is 0 Å². The summed E-state index contributed by atoms with van der Waals surface area (Å²) in [6.07, 6.45) is -0.820. The third-order valence-electron chi connectivity index (χ3n) is 3.00. The van der Waals surface area contributed by atoms with Crippen LogP contribution in [0, 0.1) is 20.2 Å². The van der Waals surface area contributed by atoms with E-state index in [-0.39, 0.29) is 17.8 Å². The van der Waals surface area contributed by atoms with Crippen molar-refractivity contribution in [2.24, 2.45) is 0 Å². The minimum absolute atomic E-state index is 0.0620. The molecule has 1 unspecified atom stereocenters. The Balaban J connectivity index is 2.31. The number of aliphatic hydroxyl groups excluding tert-OH is 1. The average molecular weight is 288 g/mol. The summed E-state index contributed by atoms with van der Waals surface area (Å²) < 4.78 is 0. The Hall–Kier alpha value is -2.80. The minimum atomic E-state index is -0.882. The molecule has 0 heterocycles. The summed E-state index contributed by atoms with van der Waals surface area (Å²) in [5.41, 5.74) is 0.262. The maximum absolute atomic E-state index is 10.8. The van der Waals surface area contributed by atoms with Crippen molar-refractivity contribution in [1.82, 2.24) is 0 Å². The minimum Gasteiger partial charge on any atom is -0.388 e. The Labute approximate surface area is 119 Å². The molecule has 1 N–H and O–H groups in total. The standard InChI is InChI=1S/C14H12N2O5/c17-14(11-4-2-1-3-5-11)8-10-6-12(15(18)19)9-13(7-10)16(20)21/h1-7,9,14,17H,8H2. The second-order valence-corrected chi connectivity index (χ2v) is 4.50. The lowest BCUT2D eigenvalue weighted by Gasteiger charge is -2.10. The number of hydrogen-bond donors (Lipinski definition) is 1. The SMILES string of the molecule is O=[N+]([O-])c1cc(CC(O)c2ccccc2)cc([N+](=O)[O-])c1. The average Bonchev–Trinajstić information content (AvgIpc) is 2.47. The molecule has 108 valence electrons. The van der Waals surface area contributed by atoms with E-state index in [0.717, 1.165) is 6.07 Å². The smallest absolute Gasteiger partial charge is 0.276 e. The van der Waals surface area contributed by atoms with Gasteiger partial charge in [0.05, 0.1) is 22.0 Å². The van der Waals surface area contributed by atoms with E-state index < -0.39 is 16.0 Å². The number of benzene rings is 2. The molecule has 0 aliphatic rings. The van der Waals surface area contributed by atoms with Crippen molar-refractivity contribution >= 4 is 11.4 Å². The van der Waals surface area contributed by atoms with Crippen molar-refractivity contribution in [3.05, 3.63) is 79.9 Å². The van der Waals surface area contributed by atoms with E-state index in [1.807, 2.05) is 0 Å². The number of non-ortho nitro benzene ring substituents is 2. The Bertz CT molecular complexity index is 640. The molecule has 0 spiro atoms. The van der Waals surface area contributed by atoms with Crippen LogP contribution in [0.4, 0.5) is 11.4 Å². The van der Waals surface area contributed by atoms with Gasteiger partial charge in [-0.1, -0.05) is 30.3 Å². The van der Waals surface area contributed by atoms with E-state index in [0.29, 0.717) is 11.1 Å². The van der Waals surface area contributed by atoms with E-state index in [9.17, 15) is 25.3 Å². The maximum Gasteiger partial charge on any atom is 0.276 e. The van der Waals surface area contributed by atoms with E-state index >= 15 is 0 Å². The molecule has 0 radical (unpaired) electrons. The molecule has 7 heteroatoms. The van der Waals surface area contributed by atoms with Gasteiger partial charge in [-0.05, 0) is 11.1 Å². The van der Waals surface area contributed by atoms with Crippen molar-refractivity contribution < 1.29 is 15.0 Å². The van der Waals surface area contributed by atoms with E-state index in [2.05, 4.69) is 0 Å². The largest absolute Gasteiger partial charge is 0.388 e. The van der Waals surface area contributed by atoms with E-state index in [1.54, 1.807) is 30.3 Å². The van der Waals surface area contributed by atoms with Gasteiger partial charge in [-0.15, -0.1) is 0 Å². The zero-order valence-electron chi connectivity index (χ0n) is 10.9. The van der Waals surface area contributed by atoms with Crippen molar-refractivity contribution in [1.29, 1.82) is 0 Å². The second-order valence-electron chi connectivity index (χ2n) is 4.50. The summed E-state index contributed by atoms with van der Waals surface area (Å²) in [6.45, 7) is 0. The fourth-order valence-corrected chi connectivity index (χ4v) is 2.00. The molecular formula is C14H12N2O5. The Morgan fingerprint density at radius 1 is 0.952 bits per heavy atom. The van der Waals surface area contributed by atoms with Crippen molar-refractivity contribution in [3.63, 3.8) is 0 Å². The summed E-state index contributed by atoms with van der Waals surface area (Å²) in [4.78, 5) is 20.2. The molecule has 2 rings (SSSR count). The van der Waals surface area contributed by atoms with Gasteiger partial charge in [-0.2, -0.15) is 0 Å². The zero-order valence-corrected chi connectivity index (χ0v) is 10.9. The third kappa shape index (κ3) is 3.61. The predicted molar refractivity (Wildman–Crippen MR) is 74.9 cm³/mol. The van der Waals surface area contributed by atoms with Gasteiger partial charge in [-0.25, -0.2) is 0 Å². The van der Waals surface area contributed by atoms with Crippen LogP contribution in [-0.2, 0) is 6.42 Å². The van der Waals surface area contributed by atoms with Gasteiger partial charge in [0.25, 0.3) is 11.4 Å². The molecule has 7 nitrogen and oxygen atoms in total. The van der Waals surface area contributed by atoms with E-state index in [4.69, 9.17) is 0 Å². The molecule has 2 aromatic carbocycles. The van der Waals surface area contributed by atoms with Crippen LogP contribution in [-0.4, -0.2) is 15.0 Å². The predicted octanol–water partition coefficient (Wildman–Crippen LogP) is 2.78. The number of aliphatic hydroxyl groups is 1. The molecule has 0 bridgehead atoms. The van der Waals surface area contributed by atoms with Crippen LogP contribution in [0.2, 0.25) is 0 Å². The monoisotopic (exact) mass is 288 g/mol. The van der Waals surface area contributed by atoms with E-state index in [1.165, 1.54) is 12.1 Å². The van der Waals surface area contributed by atoms with Crippen molar-refractivity contribution in [2.45, 2.75) is 12.5 Å². The summed E-state index contributed by atoms with van der Waals surface area (Å²) >= 11 is 0. The van der Waals surface area contributed by atoms with Gasteiger partial charge in [0, 0.05) is 18.6 Å². The first-order chi connectivity index (χ1) is 9.97. The molecule has 0 fully saturated rings. The van der Waals surface area contributed by atoms with Crippen LogP contribution < -0.4 is 0 Å². The quantitative estimate of drug-likeness (QED) is 0.672. The lowest BCUT2D eigenvalue weighted by molar-refractivity contribution is -0.394. The van der Waals surface area contributed by atoms with Crippen LogP contribution in [0.3, 0.4) is 0 Å². The highest BCUT2D eigenvalue weighted by Gasteiger charge is 2.18. The zero-order chi connectivity index (χ0) is 15.4. The third-order valence-corrected chi connectivity index (χ3v) is 3.00. The first-order valence-corrected chi connectivity index (χ1v) is 6.13. The Morgan fingerprint density at radius 2 is 1.48 bits per heavy atom. The fraction of sp³-hybridized carbons (Fsp3) is 0.143. The lowest BCUT2D eigenvalue weighted by Crippen LogP contribution is -2.03. The number of nitro groups is 2. The molecule has 0 saturated heterocycles. The molecule has 0 amide bonds. The fourth-order valence-electron chi connectivity index (χ4n) is 2.00. The van der Waals surface area contributed by atoms with Crippen LogP contribution in [0.25, 0.3) is 0 Å². The number of rotatable bonds is 5. The summed E-state index contributed by atoms with van der Waals surface area (Å²) in [7, 11) is 0. The van der Waals surface area contributed by atoms with Crippen LogP contribution in [0.1, 0.15) is 17.2 Å². The van der Waals surface area contributed by atoms with Gasteiger partial charge in [0.1, 0.15) is 0 Å². The Morgan fingerprint density at radius 3 is 1.95 bits per heavy atom. The van der Waals surface area contributed by atoms with Crippen LogP contribution in [0.5, 0.6) is 0 Å². The second kappa shape index (κ2) is 6.10. The normalized spacial score (nSPS) is 11.9. The molecular weight excluding hydrogens is 276 g/mol. The van der Waals surface area contributed by atoms with Gasteiger partial charge in [0.15, 0.2) is 0 Å². The molecule has 1 atom stereocenters. The summed E-state index contributed by atoms with van der Waals surface area (Å²) in [6, 6.07) is 12.1. The number of nitro benzene ring substituents is 2. The molecule has 21 heavy (non-hydrogen) atoms.